The van der Waals surface area contributed by atoms with Crippen LogP contribution in [0.2, 0.25) is 0 Å². The molecule has 0 heterocycles. The van der Waals surface area contributed by atoms with Crippen molar-refractivity contribution < 1.29 is 21.5 Å². The third kappa shape index (κ3) is 35.0. The topological polar surface area (TPSA) is 0 Å². The lowest BCUT2D eigenvalue weighted by Gasteiger charge is -2.30. The third-order valence-corrected chi connectivity index (χ3v) is 6.23. The van der Waals surface area contributed by atoms with Crippen molar-refractivity contribution in [3.63, 3.8) is 0 Å². The highest BCUT2D eigenvalue weighted by atomic mass is 79.9. The van der Waals surface area contributed by atoms with E-state index in [-0.39, 0.29) is 17.0 Å². The van der Waals surface area contributed by atoms with Gasteiger partial charge in [-0.2, -0.15) is 0 Å². The molecular formula is C29H62BrN. The summed E-state index contributed by atoms with van der Waals surface area (Å²) in [6.45, 7) is 12.6. The minimum Gasteiger partial charge on any atom is -1.00 e. The maximum atomic E-state index is 3.36. The molecule has 0 N–H and O–H groups in total. The van der Waals surface area contributed by atoms with Crippen LogP contribution in [0.15, 0.2) is 12.7 Å². The smallest absolute Gasteiger partial charge is 0.0782 e. The molecule has 0 aromatic carbocycles. The van der Waals surface area contributed by atoms with Crippen LogP contribution in [0.25, 0.3) is 0 Å². The Balaban J connectivity index is -0.00000184. The van der Waals surface area contributed by atoms with Gasteiger partial charge in [-0.05, 0) is 32.6 Å². The molecule has 0 rings (SSSR count). The second-order valence-corrected chi connectivity index (χ2v) is 10.2. The van der Waals surface area contributed by atoms with Gasteiger partial charge in [-0.25, -0.2) is 0 Å². The Morgan fingerprint density at radius 3 is 0.903 bits per heavy atom. The summed E-state index contributed by atoms with van der Waals surface area (Å²) in [5.74, 6) is 0. The Labute approximate surface area is 210 Å². The van der Waals surface area contributed by atoms with Gasteiger partial charge in [-0.1, -0.05) is 123 Å². The van der Waals surface area contributed by atoms with Crippen molar-refractivity contribution in [1.29, 1.82) is 0 Å². The first-order valence-corrected chi connectivity index (χ1v) is 13.9. The number of hydrogen-bond donors (Lipinski definition) is 0. The number of unbranched alkanes of at least 4 members (excludes halogenated alkanes) is 18. The first-order valence-electron chi connectivity index (χ1n) is 13.9. The SMILES string of the molecule is C=CC.CCCCCCCCCCCC[N+](C)(C)CCCCCCCCCCCC.[Br-]. The van der Waals surface area contributed by atoms with Gasteiger partial charge < -0.3 is 21.5 Å². The van der Waals surface area contributed by atoms with Gasteiger partial charge >= 0.3 is 0 Å². The van der Waals surface area contributed by atoms with Crippen LogP contribution in [0.4, 0.5) is 0 Å². The Bertz CT molecular complexity index is 288. The Hall–Kier alpha value is 0.180. The van der Waals surface area contributed by atoms with Crippen LogP contribution >= 0.6 is 0 Å². The first kappa shape index (κ1) is 35.8. The van der Waals surface area contributed by atoms with E-state index in [4.69, 9.17) is 0 Å². The molecule has 0 amide bonds. The fraction of sp³-hybridized carbons (Fsp3) is 0.931. The van der Waals surface area contributed by atoms with E-state index in [1.54, 1.807) is 6.08 Å². The van der Waals surface area contributed by atoms with Gasteiger partial charge in [0.1, 0.15) is 0 Å². The molecule has 0 unspecified atom stereocenters. The molecule has 0 radical (unpaired) electrons. The van der Waals surface area contributed by atoms with E-state index in [1.807, 2.05) is 6.92 Å². The number of hydrogen-bond acceptors (Lipinski definition) is 0. The van der Waals surface area contributed by atoms with Crippen molar-refractivity contribution in [3.8, 4) is 0 Å². The van der Waals surface area contributed by atoms with Crippen molar-refractivity contribution in [2.24, 2.45) is 0 Å². The van der Waals surface area contributed by atoms with Crippen molar-refractivity contribution in [2.45, 2.75) is 149 Å². The molecule has 0 aliphatic carbocycles. The van der Waals surface area contributed by atoms with Gasteiger partial charge in [0.05, 0.1) is 27.2 Å². The van der Waals surface area contributed by atoms with Crippen molar-refractivity contribution in [3.05, 3.63) is 12.7 Å². The van der Waals surface area contributed by atoms with Gasteiger partial charge in [-0.15, -0.1) is 6.58 Å². The van der Waals surface area contributed by atoms with Crippen molar-refractivity contribution in [1.82, 2.24) is 0 Å². The highest BCUT2D eigenvalue weighted by molar-refractivity contribution is 4.52. The molecule has 31 heavy (non-hydrogen) atoms. The zero-order valence-electron chi connectivity index (χ0n) is 22.7. The monoisotopic (exact) mass is 503 g/mol. The first-order chi connectivity index (χ1) is 14.5. The lowest BCUT2D eigenvalue weighted by atomic mass is 10.1. The van der Waals surface area contributed by atoms with Gasteiger partial charge in [0.15, 0.2) is 0 Å². The maximum Gasteiger partial charge on any atom is 0.0782 e. The predicted octanol–water partition coefficient (Wildman–Crippen LogP) is 7.10. The molecule has 0 atom stereocenters. The molecule has 190 valence electrons. The van der Waals surface area contributed by atoms with E-state index in [2.05, 4.69) is 34.5 Å². The van der Waals surface area contributed by atoms with Crippen LogP contribution in [0.1, 0.15) is 149 Å². The van der Waals surface area contributed by atoms with Crippen LogP contribution < -0.4 is 17.0 Å². The van der Waals surface area contributed by atoms with E-state index in [9.17, 15) is 0 Å². The van der Waals surface area contributed by atoms with Gasteiger partial charge in [-0.3, -0.25) is 0 Å². The lowest BCUT2D eigenvalue weighted by molar-refractivity contribution is -0.890. The summed E-state index contributed by atoms with van der Waals surface area (Å²) in [6.07, 6.45) is 30.7. The van der Waals surface area contributed by atoms with Gasteiger partial charge in [0.25, 0.3) is 0 Å². The molecule has 0 saturated carbocycles. The summed E-state index contributed by atoms with van der Waals surface area (Å²) >= 11 is 0. The quantitative estimate of drug-likeness (QED) is 0.0838. The number of rotatable bonds is 22. The average Bonchev–Trinajstić information content (AvgIpc) is 2.71. The van der Waals surface area contributed by atoms with Gasteiger partial charge in [0, 0.05) is 0 Å². The molecule has 0 aliphatic heterocycles. The summed E-state index contributed by atoms with van der Waals surface area (Å²) in [5, 5.41) is 0. The summed E-state index contributed by atoms with van der Waals surface area (Å²) in [7, 11) is 4.89. The number of allylic oxidation sites excluding steroid dienone is 1. The van der Waals surface area contributed by atoms with E-state index >= 15 is 0 Å². The maximum absolute atomic E-state index is 3.36. The highest BCUT2D eigenvalue weighted by Crippen LogP contribution is 2.14. The molecule has 0 fully saturated rings. The zero-order chi connectivity index (χ0) is 22.8. The van der Waals surface area contributed by atoms with Crippen LogP contribution in [0.3, 0.4) is 0 Å². The Morgan fingerprint density at radius 1 is 0.484 bits per heavy atom. The van der Waals surface area contributed by atoms with Crippen LogP contribution in [0.5, 0.6) is 0 Å². The average molecular weight is 505 g/mol. The van der Waals surface area contributed by atoms with Crippen LogP contribution in [-0.4, -0.2) is 31.7 Å². The minimum absolute atomic E-state index is 0. The number of nitrogens with zero attached hydrogens (tertiary/aromatic N) is 1. The second-order valence-electron chi connectivity index (χ2n) is 10.2. The number of halogens is 1. The predicted molar refractivity (Wildman–Crippen MR) is 141 cm³/mol. The molecular weight excluding hydrogens is 442 g/mol. The van der Waals surface area contributed by atoms with E-state index < -0.39 is 0 Å². The van der Waals surface area contributed by atoms with E-state index in [1.165, 1.54) is 146 Å². The highest BCUT2D eigenvalue weighted by Gasteiger charge is 2.13. The lowest BCUT2D eigenvalue weighted by Crippen LogP contribution is -3.00. The molecule has 0 saturated heterocycles. The largest absolute Gasteiger partial charge is 1.00 e. The van der Waals surface area contributed by atoms with E-state index in [0.29, 0.717) is 0 Å². The molecule has 1 nitrogen and oxygen atoms in total. The standard InChI is InChI=1S/C26H56N.C3H6.BrH/c1-5-7-9-11-13-15-17-19-21-23-25-27(3,4)26-24-22-20-18-16-14-12-10-8-6-2;1-3-2;/h5-26H2,1-4H3;3H,1H2,2H3;1H/q+1;;/p-1. The normalized spacial score (nSPS) is 10.9. The third-order valence-electron chi connectivity index (χ3n) is 6.23. The molecule has 0 bridgehead atoms. The van der Waals surface area contributed by atoms with Gasteiger partial charge in [0.2, 0.25) is 0 Å². The zero-order valence-corrected chi connectivity index (χ0v) is 24.3. The molecule has 0 spiro atoms. The summed E-state index contributed by atoms with van der Waals surface area (Å²) in [5.41, 5.74) is 0. The summed E-state index contributed by atoms with van der Waals surface area (Å²) in [4.78, 5) is 0. The minimum atomic E-state index is 0. The molecule has 0 aliphatic rings. The molecule has 2 heteroatoms. The Morgan fingerprint density at radius 2 is 0.677 bits per heavy atom. The van der Waals surface area contributed by atoms with Crippen LogP contribution in [0, 0.1) is 0 Å². The van der Waals surface area contributed by atoms with Crippen molar-refractivity contribution >= 4 is 0 Å². The fourth-order valence-corrected chi connectivity index (χ4v) is 4.17. The Kier molecular flexibility index (Phi) is 34.8. The molecule has 0 aromatic heterocycles. The molecule has 0 aromatic rings. The van der Waals surface area contributed by atoms with Crippen LogP contribution in [-0.2, 0) is 0 Å². The fourth-order valence-electron chi connectivity index (χ4n) is 4.17. The summed E-state index contributed by atoms with van der Waals surface area (Å²) in [6, 6.07) is 0. The second kappa shape index (κ2) is 30.2. The van der Waals surface area contributed by atoms with E-state index in [0.717, 1.165) is 0 Å². The summed E-state index contributed by atoms with van der Waals surface area (Å²) < 4.78 is 1.24. The number of quaternary nitrogens is 1. The van der Waals surface area contributed by atoms with Crippen molar-refractivity contribution in [2.75, 3.05) is 27.2 Å².